The Morgan fingerprint density at radius 2 is 1.70 bits per heavy atom. The third-order valence-corrected chi connectivity index (χ3v) is 2.53. The molecule has 0 spiro atoms. The van der Waals surface area contributed by atoms with Crippen LogP contribution >= 0.6 is 0 Å². The Bertz CT molecular complexity index is 745. The van der Waals surface area contributed by atoms with Crippen LogP contribution in [-0.2, 0) is 0 Å². The van der Waals surface area contributed by atoms with Gasteiger partial charge < -0.3 is 0 Å². The standard InChI is InChI=1S/C15H14N8/c1-3-12(4-7-16-2)10-18-14-20-22-15(23-21-14)19-11-13-5-8-17-9-6-13/h3-11H,2H2,1H3/b7-4-,12-3+,18-10+,19-11+. The van der Waals surface area contributed by atoms with Gasteiger partial charge in [-0.25, -0.2) is 9.98 Å². The van der Waals surface area contributed by atoms with E-state index in [0.29, 0.717) is 0 Å². The number of hydrogen-bond acceptors (Lipinski definition) is 8. The minimum Gasteiger partial charge on any atom is -0.272 e. The number of pyridine rings is 1. The summed E-state index contributed by atoms with van der Waals surface area (Å²) in [5.74, 6) is 0.301. The van der Waals surface area contributed by atoms with E-state index in [9.17, 15) is 0 Å². The highest BCUT2D eigenvalue weighted by Gasteiger charge is 1.97. The van der Waals surface area contributed by atoms with E-state index >= 15 is 0 Å². The second-order valence-electron chi connectivity index (χ2n) is 4.08. The Morgan fingerprint density at radius 1 is 1.04 bits per heavy atom. The average molecular weight is 306 g/mol. The molecule has 8 nitrogen and oxygen atoms in total. The molecular weight excluding hydrogens is 292 g/mol. The van der Waals surface area contributed by atoms with Crippen molar-refractivity contribution in [3.05, 3.63) is 54.0 Å². The molecule has 23 heavy (non-hydrogen) atoms. The first kappa shape index (κ1) is 16.0. The van der Waals surface area contributed by atoms with Crippen LogP contribution in [0.1, 0.15) is 12.5 Å². The molecule has 2 aromatic heterocycles. The largest absolute Gasteiger partial charge is 0.287 e. The summed E-state index contributed by atoms with van der Waals surface area (Å²) < 4.78 is 0. The number of aromatic nitrogens is 5. The summed E-state index contributed by atoms with van der Waals surface area (Å²) in [6, 6.07) is 3.63. The van der Waals surface area contributed by atoms with Gasteiger partial charge in [0.2, 0.25) is 0 Å². The fraction of sp³-hybridized carbons (Fsp3) is 0.0667. The van der Waals surface area contributed by atoms with Gasteiger partial charge in [-0.1, -0.05) is 6.08 Å². The molecule has 8 heteroatoms. The number of rotatable bonds is 6. The van der Waals surface area contributed by atoms with Crippen molar-refractivity contribution in [1.82, 2.24) is 25.4 Å². The van der Waals surface area contributed by atoms with Crippen LogP contribution in [-0.4, -0.2) is 44.5 Å². The minimum absolute atomic E-state index is 0.146. The van der Waals surface area contributed by atoms with Crippen molar-refractivity contribution in [2.45, 2.75) is 6.92 Å². The Hall–Kier alpha value is -3.42. The summed E-state index contributed by atoms with van der Waals surface area (Å²) >= 11 is 0. The maximum atomic E-state index is 4.08. The summed E-state index contributed by atoms with van der Waals surface area (Å²) in [6.07, 6.45) is 11.7. The molecule has 0 N–H and O–H groups in total. The van der Waals surface area contributed by atoms with Crippen molar-refractivity contribution in [3.63, 3.8) is 0 Å². The van der Waals surface area contributed by atoms with Crippen molar-refractivity contribution in [2.75, 3.05) is 0 Å². The van der Waals surface area contributed by atoms with Gasteiger partial charge in [0, 0.05) is 31.0 Å². The maximum absolute atomic E-state index is 4.08. The molecule has 0 radical (unpaired) electrons. The number of hydrogen-bond donors (Lipinski definition) is 0. The zero-order chi connectivity index (χ0) is 16.3. The van der Waals surface area contributed by atoms with E-state index < -0.39 is 0 Å². The van der Waals surface area contributed by atoms with Gasteiger partial charge in [0.15, 0.2) is 0 Å². The molecule has 0 unspecified atom stereocenters. The highest BCUT2D eigenvalue weighted by atomic mass is 15.4. The Labute approximate surface area is 133 Å². The highest BCUT2D eigenvalue weighted by Crippen LogP contribution is 2.05. The summed E-state index contributed by atoms with van der Waals surface area (Å²) in [5.41, 5.74) is 1.71. The van der Waals surface area contributed by atoms with Crippen LogP contribution in [0.4, 0.5) is 11.9 Å². The molecule has 0 bridgehead atoms. The van der Waals surface area contributed by atoms with Crippen LogP contribution in [0.2, 0.25) is 0 Å². The molecule has 2 aromatic rings. The number of nitrogens with zero attached hydrogens (tertiary/aromatic N) is 8. The zero-order valence-corrected chi connectivity index (χ0v) is 12.5. The normalized spacial score (nSPS) is 12.5. The van der Waals surface area contributed by atoms with E-state index in [1.807, 2.05) is 25.1 Å². The number of aliphatic imine (C=N–C) groups is 3. The highest BCUT2D eigenvalue weighted by molar-refractivity contribution is 5.83. The monoisotopic (exact) mass is 306 g/mol. The lowest BCUT2D eigenvalue weighted by Gasteiger charge is -1.93. The van der Waals surface area contributed by atoms with E-state index in [1.54, 1.807) is 37.1 Å². The molecule has 0 saturated heterocycles. The van der Waals surface area contributed by atoms with E-state index in [4.69, 9.17) is 0 Å². The fourth-order valence-corrected chi connectivity index (χ4v) is 1.39. The Morgan fingerprint density at radius 3 is 2.30 bits per heavy atom. The second-order valence-corrected chi connectivity index (χ2v) is 4.08. The quantitative estimate of drug-likeness (QED) is 0.601. The molecule has 0 aromatic carbocycles. The Kier molecular flexibility index (Phi) is 6.09. The summed E-state index contributed by atoms with van der Waals surface area (Å²) in [4.78, 5) is 15.7. The van der Waals surface area contributed by atoms with Crippen LogP contribution in [0.15, 0.2) is 63.4 Å². The molecule has 2 heterocycles. The molecule has 0 aliphatic carbocycles. The van der Waals surface area contributed by atoms with Crippen LogP contribution in [0, 0.1) is 0 Å². The summed E-state index contributed by atoms with van der Waals surface area (Å²) in [7, 11) is 0. The van der Waals surface area contributed by atoms with Crippen molar-refractivity contribution >= 4 is 31.0 Å². The van der Waals surface area contributed by atoms with Gasteiger partial charge in [0.05, 0.1) is 0 Å². The smallest absolute Gasteiger partial charge is 0.272 e. The SMILES string of the molecule is C=N\C=C/C(/C=N/c1nnc(/N=C/c2ccncc2)nn1)=C\C. The van der Waals surface area contributed by atoms with Gasteiger partial charge in [-0.2, -0.15) is 0 Å². The van der Waals surface area contributed by atoms with Crippen molar-refractivity contribution in [2.24, 2.45) is 15.0 Å². The second kappa shape index (κ2) is 8.78. The lowest BCUT2D eigenvalue weighted by molar-refractivity contribution is 0.856. The lowest BCUT2D eigenvalue weighted by Crippen LogP contribution is -1.92. The first-order valence-corrected chi connectivity index (χ1v) is 6.66. The molecule has 0 atom stereocenters. The lowest BCUT2D eigenvalue weighted by atomic mass is 10.3. The van der Waals surface area contributed by atoms with Gasteiger partial charge >= 0.3 is 0 Å². The fourth-order valence-electron chi connectivity index (χ4n) is 1.39. The van der Waals surface area contributed by atoms with Crippen LogP contribution in [0.3, 0.4) is 0 Å². The van der Waals surface area contributed by atoms with E-state index in [2.05, 4.69) is 47.1 Å². The molecular formula is C15H14N8. The van der Waals surface area contributed by atoms with Crippen molar-refractivity contribution in [1.29, 1.82) is 0 Å². The van der Waals surface area contributed by atoms with Crippen LogP contribution < -0.4 is 0 Å². The number of allylic oxidation sites excluding steroid dienone is 3. The van der Waals surface area contributed by atoms with Gasteiger partial charge in [0.1, 0.15) is 0 Å². The predicted octanol–water partition coefficient (Wildman–Crippen LogP) is 2.28. The van der Waals surface area contributed by atoms with E-state index in [0.717, 1.165) is 11.1 Å². The van der Waals surface area contributed by atoms with Crippen LogP contribution in [0.25, 0.3) is 0 Å². The molecule has 2 rings (SSSR count). The van der Waals surface area contributed by atoms with Gasteiger partial charge in [-0.3, -0.25) is 9.98 Å². The first-order valence-electron chi connectivity index (χ1n) is 6.66. The summed E-state index contributed by atoms with van der Waals surface area (Å²) in [6.45, 7) is 5.24. The van der Waals surface area contributed by atoms with Crippen molar-refractivity contribution in [3.8, 4) is 0 Å². The third kappa shape index (κ3) is 5.46. The average Bonchev–Trinajstić information content (AvgIpc) is 2.62. The van der Waals surface area contributed by atoms with E-state index in [-0.39, 0.29) is 11.9 Å². The molecule has 0 saturated carbocycles. The van der Waals surface area contributed by atoms with E-state index in [1.165, 1.54) is 0 Å². The van der Waals surface area contributed by atoms with Gasteiger partial charge in [0.25, 0.3) is 11.9 Å². The van der Waals surface area contributed by atoms with Crippen LogP contribution in [0.5, 0.6) is 0 Å². The van der Waals surface area contributed by atoms with Crippen molar-refractivity contribution < 1.29 is 0 Å². The molecule has 114 valence electrons. The summed E-state index contributed by atoms with van der Waals surface area (Å²) in [5, 5.41) is 15.4. The molecule has 0 fully saturated rings. The predicted molar refractivity (Wildman–Crippen MR) is 89.7 cm³/mol. The zero-order valence-electron chi connectivity index (χ0n) is 12.5. The first-order chi connectivity index (χ1) is 11.3. The third-order valence-electron chi connectivity index (χ3n) is 2.53. The molecule has 0 aliphatic rings. The molecule has 0 amide bonds. The molecule has 0 aliphatic heterocycles. The Balaban J connectivity index is 2.03. The maximum Gasteiger partial charge on any atom is 0.287 e. The van der Waals surface area contributed by atoms with Gasteiger partial charge in [-0.05, 0) is 43.0 Å². The minimum atomic E-state index is 0.146. The van der Waals surface area contributed by atoms with Gasteiger partial charge in [-0.15, -0.1) is 20.4 Å². The topological polar surface area (TPSA) is 102 Å².